The summed E-state index contributed by atoms with van der Waals surface area (Å²) in [6.07, 6.45) is 4.41. The number of aromatic amines is 1. The van der Waals surface area contributed by atoms with Gasteiger partial charge >= 0.3 is 0 Å². The normalized spacial score (nSPS) is 14.3. The maximum Gasteiger partial charge on any atom is 0.259 e. The number of fused-ring (bicyclic) bond motifs is 3. The Morgan fingerprint density at radius 3 is 3.17 bits per heavy atom. The van der Waals surface area contributed by atoms with Crippen LogP contribution in [0.15, 0.2) is 4.79 Å². The number of hydrogen-bond donors (Lipinski definition) is 2. The summed E-state index contributed by atoms with van der Waals surface area (Å²) in [5.41, 5.74) is 1.28. The molecule has 2 aromatic rings. The molecule has 3 rings (SSSR count). The molecule has 0 radical (unpaired) electrons. The molecule has 2 heterocycles. The molecule has 1 aliphatic rings. The first-order chi connectivity index (χ1) is 8.79. The van der Waals surface area contributed by atoms with Crippen molar-refractivity contribution in [3.63, 3.8) is 0 Å². The summed E-state index contributed by atoms with van der Waals surface area (Å²) >= 11 is 1.70. The number of hydrogen-bond acceptors (Lipinski definition) is 4. The third-order valence-electron chi connectivity index (χ3n) is 3.34. The Bertz CT molecular complexity index is 629. The number of nitrogens with zero attached hydrogens (tertiary/aromatic N) is 1. The summed E-state index contributed by atoms with van der Waals surface area (Å²) in [6, 6.07) is 0. The molecule has 0 amide bonds. The lowest BCUT2D eigenvalue weighted by Gasteiger charge is -2.02. The van der Waals surface area contributed by atoms with E-state index in [1.54, 1.807) is 11.3 Å². The first kappa shape index (κ1) is 11.9. The van der Waals surface area contributed by atoms with Crippen LogP contribution in [0.5, 0.6) is 0 Å². The van der Waals surface area contributed by atoms with E-state index < -0.39 is 0 Å². The van der Waals surface area contributed by atoms with Crippen molar-refractivity contribution in [1.29, 1.82) is 0 Å². The van der Waals surface area contributed by atoms with Crippen molar-refractivity contribution in [2.75, 3.05) is 6.54 Å². The SMILES string of the molecule is CCCNCc1nc2sc3c(c2c(=O)[nH]1)CCC3. The van der Waals surface area contributed by atoms with E-state index in [1.165, 1.54) is 16.9 Å². The lowest BCUT2D eigenvalue weighted by atomic mass is 10.2. The first-order valence-corrected chi connectivity index (χ1v) is 7.35. The average Bonchev–Trinajstić information content (AvgIpc) is 2.88. The Kier molecular flexibility index (Phi) is 3.18. The Balaban J connectivity index is 1.98. The van der Waals surface area contributed by atoms with Crippen molar-refractivity contribution in [1.82, 2.24) is 15.3 Å². The van der Waals surface area contributed by atoms with Gasteiger partial charge in [-0.15, -0.1) is 11.3 Å². The molecule has 0 saturated carbocycles. The predicted octanol–water partition coefficient (Wildman–Crippen LogP) is 1.97. The van der Waals surface area contributed by atoms with Gasteiger partial charge in [-0.05, 0) is 37.8 Å². The zero-order chi connectivity index (χ0) is 12.5. The summed E-state index contributed by atoms with van der Waals surface area (Å²) in [5, 5.41) is 4.10. The number of aryl methyl sites for hydroxylation is 2. The van der Waals surface area contributed by atoms with Gasteiger partial charge < -0.3 is 10.3 Å². The Labute approximate surface area is 109 Å². The Hall–Kier alpha value is -1.20. The summed E-state index contributed by atoms with van der Waals surface area (Å²) in [5.74, 6) is 0.751. The first-order valence-electron chi connectivity index (χ1n) is 6.53. The average molecular weight is 263 g/mol. The van der Waals surface area contributed by atoms with Gasteiger partial charge in [-0.25, -0.2) is 4.98 Å². The summed E-state index contributed by atoms with van der Waals surface area (Å²) in [6.45, 7) is 3.71. The molecule has 0 unspecified atom stereocenters. The van der Waals surface area contributed by atoms with E-state index >= 15 is 0 Å². The van der Waals surface area contributed by atoms with Crippen molar-refractivity contribution in [3.8, 4) is 0 Å². The maximum absolute atomic E-state index is 12.1. The molecular formula is C13H17N3OS. The highest BCUT2D eigenvalue weighted by Crippen LogP contribution is 2.34. The molecule has 0 bridgehead atoms. The highest BCUT2D eigenvalue weighted by Gasteiger charge is 2.20. The lowest BCUT2D eigenvalue weighted by molar-refractivity contribution is 0.651. The highest BCUT2D eigenvalue weighted by molar-refractivity contribution is 7.18. The second-order valence-corrected chi connectivity index (χ2v) is 5.81. The number of H-pyrrole nitrogens is 1. The molecule has 0 fully saturated rings. The zero-order valence-electron chi connectivity index (χ0n) is 10.5. The van der Waals surface area contributed by atoms with Crippen LogP contribution in [0.4, 0.5) is 0 Å². The number of nitrogens with one attached hydrogen (secondary N) is 2. The van der Waals surface area contributed by atoms with Crippen LogP contribution in [-0.2, 0) is 19.4 Å². The van der Waals surface area contributed by atoms with Crippen LogP contribution >= 0.6 is 11.3 Å². The van der Waals surface area contributed by atoms with Gasteiger partial charge in [0.05, 0.1) is 11.9 Å². The van der Waals surface area contributed by atoms with Crippen LogP contribution in [0, 0.1) is 0 Å². The molecular weight excluding hydrogens is 246 g/mol. The molecule has 0 atom stereocenters. The van der Waals surface area contributed by atoms with Gasteiger partial charge in [-0.2, -0.15) is 0 Å². The van der Waals surface area contributed by atoms with Gasteiger partial charge in [0.1, 0.15) is 10.7 Å². The molecule has 96 valence electrons. The van der Waals surface area contributed by atoms with Crippen molar-refractivity contribution < 1.29 is 0 Å². The van der Waals surface area contributed by atoms with E-state index in [2.05, 4.69) is 22.2 Å². The van der Waals surface area contributed by atoms with Gasteiger partial charge in [-0.1, -0.05) is 6.92 Å². The standard InChI is InChI=1S/C13H17N3OS/c1-2-6-14-7-10-15-12(17)11-8-4-3-5-9(8)18-13(11)16-10/h14H,2-7H2,1H3,(H,15,16,17). The third-order valence-corrected chi connectivity index (χ3v) is 4.53. The van der Waals surface area contributed by atoms with E-state index in [9.17, 15) is 4.79 Å². The molecule has 18 heavy (non-hydrogen) atoms. The minimum Gasteiger partial charge on any atom is -0.310 e. The van der Waals surface area contributed by atoms with Gasteiger partial charge in [0, 0.05) is 4.88 Å². The molecule has 0 aromatic carbocycles. The number of rotatable bonds is 4. The summed E-state index contributed by atoms with van der Waals surface area (Å²) < 4.78 is 0. The summed E-state index contributed by atoms with van der Waals surface area (Å²) in [4.78, 5) is 21.9. The molecule has 1 aliphatic carbocycles. The van der Waals surface area contributed by atoms with Gasteiger partial charge in [-0.3, -0.25) is 4.79 Å². The van der Waals surface area contributed by atoms with E-state index in [-0.39, 0.29) is 5.56 Å². The van der Waals surface area contributed by atoms with Gasteiger partial charge in [0.15, 0.2) is 0 Å². The minimum atomic E-state index is 0.0349. The van der Waals surface area contributed by atoms with E-state index in [4.69, 9.17) is 0 Å². The minimum absolute atomic E-state index is 0.0349. The molecule has 0 spiro atoms. The highest BCUT2D eigenvalue weighted by atomic mass is 32.1. The monoisotopic (exact) mass is 263 g/mol. The van der Waals surface area contributed by atoms with E-state index in [0.29, 0.717) is 6.54 Å². The Morgan fingerprint density at radius 2 is 2.33 bits per heavy atom. The maximum atomic E-state index is 12.1. The molecule has 2 N–H and O–H groups in total. The van der Waals surface area contributed by atoms with Crippen LogP contribution in [-0.4, -0.2) is 16.5 Å². The fourth-order valence-electron chi connectivity index (χ4n) is 2.51. The van der Waals surface area contributed by atoms with Crippen LogP contribution < -0.4 is 10.9 Å². The fraction of sp³-hybridized carbons (Fsp3) is 0.538. The Morgan fingerprint density at radius 1 is 1.44 bits per heavy atom. The van der Waals surface area contributed by atoms with Crippen molar-refractivity contribution in [3.05, 3.63) is 26.6 Å². The zero-order valence-corrected chi connectivity index (χ0v) is 11.3. The number of aromatic nitrogens is 2. The topological polar surface area (TPSA) is 57.8 Å². The van der Waals surface area contributed by atoms with Crippen LogP contribution in [0.25, 0.3) is 10.2 Å². The van der Waals surface area contributed by atoms with Crippen molar-refractivity contribution in [2.45, 2.75) is 39.2 Å². The molecule has 0 saturated heterocycles. The van der Waals surface area contributed by atoms with Gasteiger partial charge in [0.25, 0.3) is 5.56 Å². The van der Waals surface area contributed by atoms with E-state index in [1.807, 2.05) is 0 Å². The second kappa shape index (κ2) is 4.82. The largest absolute Gasteiger partial charge is 0.310 e. The molecule has 2 aromatic heterocycles. The fourth-order valence-corrected chi connectivity index (χ4v) is 3.80. The predicted molar refractivity (Wildman–Crippen MR) is 74.3 cm³/mol. The third kappa shape index (κ3) is 1.97. The van der Waals surface area contributed by atoms with Crippen LogP contribution in [0.3, 0.4) is 0 Å². The van der Waals surface area contributed by atoms with Crippen molar-refractivity contribution >= 4 is 21.6 Å². The van der Waals surface area contributed by atoms with Gasteiger partial charge in [0.2, 0.25) is 0 Å². The van der Waals surface area contributed by atoms with Crippen LogP contribution in [0.1, 0.15) is 36.0 Å². The lowest BCUT2D eigenvalue weighted by Crippen LogP contribution is -2.19. The quantitative estimate of drug-likeness (QED) is 0.829. The number of thiophene rings is 1. The van der Waals surface area contributed by atoms with Crippen LogP contribution in [0.2, 0.25) is 0 Å². The molecule has 5 heteroatoms. The summed E-state index contributed by atoms with van der Waals surface area (Å²) in [7, 11) is 0. The molecule has 0 aliphatic heterocycles. The van der Waals surface area contributed by atoms with E-state index in [0.717, 1.165) is 41.8 Å². The molecule has 4 nitrogen and oxygen atoms in total. The second-order valence-electron chi connectivity index (χ2n) is 4.73. The smallest absolute Gasteiger partial charge is 0.259 e. The van der Waals surface area contributed by atoms with Crippen molar-refractivity contribution in [2.24, 2.45) is 0 Å².